The zero-order valence-electron chi connectivity index (χ0n) is 14.4. The van der Waals surface area contributed by atoms with Gasteiger partial charge in [-0.2, -0.15) is 0 Å². The SMILES string of the molecule is CN=C(NCCOC)NCc1ccnc(N2CCN(C)CC2)c1. The van der Waals surface area contributed by atoms with Crippen molar-refractivity contribution in [2.75, 3.05) is 65.4 Å². The molecule has 0 saturated carbocycles. The minimum Gasteiger partial charge on any atom is -0.383 e. The van der Waals surface area contributed by atoms with E-state index in [2.05, 4.69) is 43.5 Å². The summed E-state index contributed by atoms with van der Waals surface area (Å²) in [6, 6.07) is 4.19. The van der Waals surface area contributed by atoms with Gasteiger partial charge in [0, 0.05) is 59.6 Å². The van der Waals surface area contributed by atoms with Crippen LogP contribution in [0.3, 0.4) is 0 Å². The molecule has 7 nitrogen and oxygen atoms in total. The third-order valence-corrected chi connectivity index (χ3v) is 3.92. The van der Waals surface area contributed by atoms with Crippen molar-refractivity contribution in [3.05, 3.63) is 23.9 Å². The first kappa shape index (κ1) is 17.5. The van der Waals surface area contributed by atoms with E-state index in [0.717, 1.165) is 51.0 Å². The molecule has 1 aliphatic rings. The maximum absolute atomic E-state index is 5.03. The number of likely N-dealkylation sites (N-methyl/N-ethyl adjacent to an activating group) is 1. The molecule has 2 rings (SSSR count). The highest BCUT2D eigenvalue weighted by atomic mass is 16.5. The van der Waals surface area contributed by atoms with Gasteiger partial charge in [-0.15, -0.1) is 0 Å². The molecule has 1 aromatic heterocycles. The Hall–Kier alpha value is -1.86. The Bertz CT molecular complexity index is 499. The molecule has 2 N–H and O–H groups in total. The fourth-order valence-corrected chi connectivity index (χ4v) is 2.46. The van der Waals surface area contributed by atoms with Gasteiger partial charge in [-0.3, -0.25) is 4.99 Å². The molecule has 1 aliphatic heterocycles. The monoisotopic (exact) mass is 320 g/mol. The van der Waals surface area contributed by atoms with Crippen LogP contribution in [0.2, 0.25) is 0 Å². The van der Waals surface area contributed by atoms with Crippen LogP contribution >= 0.6 is 0 Å². The van der Waals surface area contributed by atoms with Gasteiger partial charge < -0.3 is 25.2 Å². The highest BCUT2D eigenvalue weighted by molar-refractivity contribution is 5.79. The van der Waals surface area contributed by atoms with E-state index in [1.54, 1.807) is 14.2 Å². The summed E-state index contributed by atoms with van der Waals surface area (Å²) in [7, 11) is 5.62. The van der Waals surface area contributed by atoms with Gasteiger partial charge in [0.05, 0.1) is 6.61 Å². The largest absolute Gasteiger partial charge is 0.383 e. The third-order valence-electron chi connectivity index (χ3n) is 3.92. The summed E-state index contributed by atoms with van der Waals surface area (Å²) in [4.78, 5) is 13.4. The molecule has 0 unspecified atom stereocenters. The first-order valence-electron chi connectivity index (χ1n) is 8.05. The van der Waals surface area contributed by atoms with Crippen LogP contribution in [-0.2, 0) is 11.3 Å². The van der Waals surface area contributed by atoms with Gasteiger partial charge in [0.15, 0.2) is 5.96 Å². The lowest BCUT2D eigenvalue weighted by atomic mass is 10.2. The molecular weight excluding hydrogens is 292 g/mol. The van der Waals surface area contributed by atoms with Crippen molar-refractivity contribution in [2.45, 2.75) is 6.54 Å². The zero-order chi connectivity index (χ0) is 16.5. The first-order chi connectivity index (χ1) is 11.2. The highest BCUT2D eigenvalue weighted by Gasteiger charge is 2.15. The van der Waals surface area contributed by atoms with E-state index in [-0.39, 0.29) is 0 Å². The van der Waals surface area contributed by atoms with E-state index in [9.17, 15) is 0 Å². The van der Waals surface area contributed by atoms with Crippen molar-refractivity contribution < 1.29 is 4.74 Å². The summed E-state index contributed by atoms with van der Waals surface area (Å²) < 4.78 is 5.03. The number of piperazine rings is 1. The number of nitrogens with one attached hydrogen (secondary N) is 2. The van der Waals surface area contributed by atoms with Crippen molar-refractivity contribution in [1.82, 2.24) is 20.5 Å². The van der Waals surface area contributed by atoms with Crippen molar-refractivity contribution in [3.8, 4) is 0 Å². The Labute approximate surface area is 138 Å². The predicted octanol–water partition coefficient (Wildman–Crippen LogP) is 0.145. The number of nitrogens with zero attached hydrogens (tertiary/aromatic N) is 4. The third kappa shape index (κ3) is 5.69. The Morgan fingerprint density at radius 3 is 2.78 bits per heavy atom. The maximum Gasteiger partial charge on any atom is 0.191 e. The molecule has 7 heteroatoms. The normalized spacial score (nSPS) is 16.5. The fraction of sp³-hybridized carbons (Fsp3) is 0.625. The molecule has 0 radical (unpaired) electrons. The summed E-state index contributed by atoms with van der Waals surface area (Å²) >= 11 is 0. The number of pyridine rings is 1. The van der Waals surface area contributed by atoms with E-state index < -0.39 is 0 Å². The van der Waals surface area contributed by atoms with E-state index in [4.69, 9.17) is 4.74 Å². The summed E-state index contributed by atoms with van der Waals surface area (Å²) in [6.07, 6.45) is 1.88. The van der Waals surface area contributed by atoms with Crippen molar-refractivity contribution in [3.63, 3.8) is 0 Å². The molecule has 0 aliphatic carbocycles. The number of ether oxygens (including phenoxy) is 1. The smallest absolute Gasteiger partial charge is 0.191 e. The molecule has 1 aromatic rings. The Morgan fingerprint density at radius 1 is 1.30 bits per heavy atom. The number of hydrogen-bond acceptors (Lipinski definition) is 5. The zero-order valence-corrected chi connectivity index (χ0v) is 14.4. The number of anilines is 1. The van der Waals surface area contributed by atoms with Crippen LogP contribution in [0.4, 0.5) is 5.82 Å². The number of aliphatic imine (C=N–C) groups is 1. The Balaban J connectivity index is 1.87. The second-order valence-electron chi connectivity index (χ2n) is 5.66. The molecule has 0 atom stereocenters. The average molecular weight is 320 g/mol. The molecule has 0 aromatic carbocycles. The summed E-state index contributed by atoms with van der Waals surface area (Å²) in [5, 5.41) is 6.52. The molecule has 1 saturated heterocycles. The van der Waals surface area contributed by atoms with E-state index in [1.807, 2.05) is 12.3 Å². The number of rotatable bonds is 6. The van der Waals surface area contributed by atoms with Gasteiger partial charge >= 0.3 is 0 Å². The standard InChI is InChI=1S/C16H28N6O/c1-17-16(19-6-11-23-3)20-13-14-4-5-18-15(12-14)22-9-7-21(2)8-10-22/h4-5,12H,6-11,13H2,1-3H3,(H2,17,19,20). The molecule has 0 bridgehead atoms. The van der Waals surface area contributed by atoms with Gasteiger partial charge in [0.1, 0.15) is 5.82 Å². The van der Waals surface area contributed by atoms with E-state index in [0.29, 0.717) is 6.61 Å². The summed E-state index contributed by atoms with van der Waals surface area (Å²) in [5.74, 6) is 1.83. The number of hydrogen-bond donors (Lipinski definition) is 2. The molecule has 2 heterocycles. The molecule has 0 amide bonds. The van der Waals surface area contributed by atoms with Gasteiger partial charge in [-0.25, -0.2) is 4.98 Å². The van der Waals surface area contributed by atoms with Crippen LogP contribution in [0.1, 0.15) is 5.56 Å². The van der Waals surface area contributed by atoms with Gasteiger partial charge in [-0.05, 0) is 24.7 Å². The van der Waals surface area contributed by atoms with E-state index >= 15 is 0 Å². The highest BCUT2D eigenvalue weighted by Crippen LogP contribution is 2.14. The van der Waals surface area contributed by atoms with Crippen molar-refractivity contribution in [1.29, 1.82) is 0 Å². The molecule has 1 fully saturated rings. The van der Waals surface area contributed by atoms with Crippen LogP contribution < -0.4 is 15.5 Å². The van der Waals surface area contributed by atoms with Crippen LogP contribution in [0.25, 0.3) is 0 Å². The maximum atomic E-state index is 5.03. The Morgan fingerprint density at radius 2 is 2.09 bits per heavy atom. The number of aromatic nitrogens is 1. The lowest BCUT2D eigenvalue weighted by Gasteiger charge is -2.33. The first-order valence-corrected chi connectivity index (χ1v) is 8.05. The molecule has 128 valence electrons. The number of guanidine groups is 1. The summed E-state index contributed by atoms with van der Waals surface area (Å²) in [6.45, 7) is 6.33. The molecule has 0 spiro atoms. The van der Waals surface area contributed by atoms with Gasteiger partial charge in [0.25, 0.3) is 0 Å². The van der Waals surface area contributed by atoms with Crippen molar-refractivity contribution in [2.24, 2.45) is 4.99 Å². The Kier molecular flexibility index (Phi) is 7.09. The second kappa shape index (κ2) is 9.32. The average Bonchev–Trinajstić information content (AvgIpc) is 2.59. The molecular formula is C16H28N6O. The minimum atomic E-state index is 0.656. The quantitative estimate of drug-likeness (QED) is 0.442. The molecule has 23 heavy (non-hydrogen) atoms. The number of methoxy groups -OCH3 is 1. The van der Waals surface area contributed by atoms with Crippen molar-refractivity contribution >= 4 is 11.8 Å². The summed E-state index contributed by atoms with van der Waals surface area (Å²) in [5.41, 5.74) is 1.20. The van der Waals surface area contributed by atoms with Crippen LogP contribution in [-0.4, -0.2) is 76.4 Å². The lowest BCUT2D eigenvalue weighted by molar-refractivity contribution is 0.203. The lowest BCUT2D eigenvalue weighted by Crippen LogP contribution is -2.44. The van der Waals surface area contributed by atoms with E-state index in [1.165, 1.54) is 5.56 Å². The predicted molar refractivity (Wildman–Crippen MR) is 94.0 cm³/mol. The van der Waals surface area contributed by atoms with Crippen LogP contribution in [0.15, 0.2) is 23.3 Å². The van der Waals surface area contributed by atoms with Crippen LogP contribution in [0, 0.1) is 0 Å². The van der Waals surface area contributed by atoms with Gasteiger partial charge in [-0.1, -0.05) is 0 Å². The topological polar surface area (TPSA) is 65.0 Å². The van der Waals surface area contributed by atoms with Gasteiger partial charge in [0.2, 0.25) is 0 Å². The van der Waals surface area contributed by atoms with Crippen LogP contribution in [0.5, 0.6) is 0 Å². The second-order valence-corrected chi connectivity index (χ2v) is 5.66. The minimum absolute atomic E-state index is 0.656. The fourth-order valence-electron chi connectivity index (χ4n) is 2.46.